The Kier molecular flexibility index (Phi) is 4.13. The van der Waals surface area contributed by atoms with E-state index in [2.05, 4.69) is 5.32 Å². The van der Waals surface area contributed by atoms with E-state index in [9.17, 15) is 4.79 Å². The lowest BCUT2D eigenvalue weighted by Gasteiger charge is -2.10. The Balaban J connectivity index is 2.44. The normalized spacial score (nSPS) is 12.1. The fourth-order valence-electron chi connectivity index (χ4n) is 0.942. The Hall–Kier alpha value is -1.35. The van der Waals surface area contributed by atoms with Crippen LogP contribution in [0.4, 0.5) is 0 Å². The Bertz CT molecular complexity index is 285. The molecule has 0 unspecified atom stereocenters. The van der Waals surface area contributed by atoms with Crippen LogP contribution in [0.15, 0.2) is 30.3 Å². The van der Waals surface area contributed by atoms with E-state index in [1.165, 1.54) is 0 Å². The third kappa shape index (κ3) is 3.18. The van der Waals surface area contributed by atoms with E-state index in [1.54, 1.807) is 12.1 Å². The minimum Gasteiger partial charge on any atom is -0.460 e. The van der Waals surface area contributed by atoms with Crippen LogP contribution in [0.5, 0.6) is 0 Å². The first-order chi connectivity index (χ1) is 6.74. The number of carbonyl (C=O) groups is 1. The molecule has 1 aromatic rings. The zero-order chi connectivity index (χ0) is 10.4. The van der Waals surface area contributed by atoms with Gasteiger partial charge in [0.05, 0.1) is 5.56 Å². The molecule has 0 spiro atoms. The summed E-state index contributed by atoms with van der Waals surface area (Å²) in [5, 5.41) is 2.99. The molecule has 0 amide bonds. The maximum absolute atomic E-state index is 11.4. The summed E-state index contributed by atoms with van der Waals surface area (Å²) in [5.41, 5.74) is 0.593. The average Bonchev–Trinajstić information content (AvgIpc) is 2.26. The van der Waals surface area contributed by atoms with Gasteiger partial charge in [-0.15, -0.1) is 0 Å². The van der Waals surface area contributed by atoms with E-state index in [4.69, 9.17) is 4.74 Å². The van der Waals surface area contributed by atoms with E-state index in [0.29, 0.717) is 12.2 Å². The van der Waals surface area contributed by atoms with Gasteiger partial charge < -0.3 is 10.1 Å². The Morgan fingerprint density at radius 2 is 2.07 bits per heavy atom. The van der Waals surface area contributed by atoms with E-state index < -0.39 is 0 Å². The highest BCUT2D eigenvalue weighted by molar-refractivity contribution is 5.89. The molecular weight excluding hydrogens is 178 g/mol. The summed E-state index contributed by atoms with van der Waals surface area (Å²) in [6, 6.07) is 9.17. The van der Waals surface area contributed by atoms with Crippen molar-refractivity contribution < 1.29 is 9.53 Å². The molecule has 0 radical (unpaired) electrons. The van der Waals surface area contributed by atoms with Crippen LogP contribution < -0.4 is 5.32 Å². The van der Waals surface area contributed by atoms with Crippen molar-refractivity contribution in [2.75, 3.05) is 13.7 Å². The minimum atomic E-state index is -0.271. The summed E-state index contributed by atoms with van der Waals surface area (Å²) >= 11 is 0. The van der Waals surface area contributed by atoms with Crippen molar-refractivity contribution in [2.45, 2.75) is 13.0 Å². The van der Waals surface area contributed by atoms with Gasteiger partial charge in [-0.1, -0.05) is 18.2 Å². The second-order valence-electron chi connectivity index (χ2n) is 3.15. The van der Waals surface area contributed by atoms with Gasteiger partial charge in [-0.05, 0) is 26.1 Å². The van der Waals surface area contributed by atoms with Gasteiger partial charge in [0.1, 0.15) is 6.61 Å². The van der Waals surface area contributed by atoms with Crippen LogP contribution in [0, 0.1) is 0 Å². The number of benzene rings is 1. The summed E-state index contributed by atoms with van der Waals surface area (Å²) in [7, 11) is 1.83. The highest BCUT2D eigenvalue weighted by Crippen LogP contribution is 2.01. The van der Waals surface area contributed by atoms with Gasteiger partial charge in [0.15, 0.2) is 0 Å². The molecule has 1 aromatic carbocycles. The number of likely N-dealkylation sites (N-methyl/N-ethyl adjacent to an activating group) is 1. The van der Waals surface area contributed by atoms with E-state index in [0.717, 1.165) is 0 Å². The SMILES string of the molecule is CN[C@@H](C)COC(=O)c1ccccc1. The summed E-state index contributed by atoms with van der Waals surface area (Å²) in [6.07, 6.45) is 0. The first-order valence-corrected chi connectivity index (χ1v) is 4.63. The summed E-state index contributed by atoms with van der Waals surface area (Å²) in [6.45, 7) is 2.35. The second kappa shape index (κ2) is 5.40. The van der Waals surface area contributed by atoms with Gasteiger partial charge in [0.25, 0.3) is 0 Å². The fraction of sp³-hybridized carbons (Fsp3) is 0.364. The molecule has 0 saturated heterocycles. The van der Waals surface area contributed by atoms with E-state index >= 15 is 0 Å². The lowest BCUT2D eigenvalue weighted by atomic mass is 10.2. The topological polar surface area (TPSA) is 38.3 Å². The van der Waals surface area contributed by atoms with Gasteiger partial charge in [0.2, 0.25) is 0 Å². The molecule has 3 nitrogen and oxygen atoms in total. The van der Waals surface area contributed by atoms with Crippen molar-refractivity contribution >= 4 is 5.97 Å². The molecule has 0 heterocycles. The number of hydrogen-bond acceptors (Lipinski definition) is 3. The molecule has 0 aromatic heterocycles. The number of esters is 1. The van der Waals surface area contributed by atoms with Gasteiger partial charge >= 0.3 is 5.97 Å². The molecule has 1 rings (SSSR count). The van der Waals surface area contributed by atoms with Crippen LogP contribution in [-0.4, -0.2) is 25.7 Å². The first-order valence-electron chi connectivity index (χ1n) is 4.63. The smallest absolute Gasteiger partial charge is 0.338 e. The Morgan fingerprint density at radius 1 is 1.43 bits per heavy atom. The quantitative estimate of drug-likeness (QED) is 0.735. The van der Waals surface area contributed by atoms with Gasteiger partial charge in [-0.2, -0.15) is 0 Å². The molecule has 76 valence electrons. The molecular formula is C11H15NO2. The zero-order valence-corrected chi connectivity index (χ0v) is 8.49. The third-order valence-corrected chi connectivity index (χ3v) is 1.97. The maximum Gasteiger partial charge on any atom is 0.338 e. The number of nitrogens with one attached hydrogen (secondary N) is 1. The molecule has 0 saturated carbocycles. The molecule has 3 heteroatoms. The average molecular weight is 193 g/mol. The van der Waals surface area contributed by atoms with Crippen molar-refractivity contribution in [3.05, 3.63) is 35.9 Å². The van der Waals surface area contributed by atoms with Crippen molar-refractivity contribution in [1.82, 2.24) is 5.32 Å². The number of carbonyl (C=O) groups excluding carboxylic acids is 1. The van der Waals surface area contributed by atoms with Crippen LogP contribution in [0.25, 0.3) is 0 Å². The first kappa shape index (κ1) is 10.7. The molecule has 1 atom stereocenters. The van der Waals surface area contributed by atoms with Crippen molar-refractivity contribution in [3.8, 4) is 0 Å². The van der Waals surface area contributed by atoms with Crippen LogP contribution >= 0.6 is 0 Å². The fourth-order valence-corrected chi connectivity index (χ4v) is 0.942. The van der Waals surface area contributed by atoms with Gasteiger partial charge in [-0.25, -0.2) is 4.79 Å². The molecule has 14 heavy (non-hydrogen) atoms. The molecule has 0 bridgehead atoms. The molecule has 0 aliphatic heterocycles. The lowest BCUT2D eigenvalue weighted by Crippen LogP contribution is -2.28. The zero-order valence-electron chi connectivity index (χ0n) is 8.49. The third-order valence-electron chi connectivity index (χ3n) is 1.97. The molecule has 0 aliphatic carbocycles. The van der Waals surface area contributed by atoms with Gasteiger partial charge in [0, 0.05) is 6.04 Å². The molecule has 0 fully saturated rings. The van der Waals surface area contributed by atoms with E-state index in [1.807, 2.05) is 32.2 Å². The minimum absolute atomic E-state index is 0.183. The van der Waals surface area contributed by atoms with Crippen molar-refractivity contribution in [3.63, 3.8) is 0 Å². The Labute approximate surface area is 84.1 Å². The monoisotopic (exact) mass is 193 g/mol. The van der Waals surface area contributed by atoms with Crippen molar-refractivity contribution in [1.29, 1.82) is 0 Å². The standard InChI is InChI=1S/C11H15NO2/c1-9(12-2)8-14-11(13)10-6-4-3-5-7-10/h3-7,9,12H,8H2,1-2H3/t9-/m0/s1. The van der Waals surface area contributed by atoms with Crippen LogP contribution in [0.2, 0.25) is 0 Å². The van der Waals surface area contributed by atoms with Crippen LogP contribution in [-0.2, 0) is 4.74 Å². The second-order valence-corrected chi connectivity index (χ2v) is 3.15. The summed E-state index contributed by atoms with van der Waals surface area (Å²) in [5.74, 6) is -0.271. The van der Waals surface area contributed by atoms with Crippen LogP contribution in [0.1, 0.15) is 17.3 Å². The van der Waals surface area contributed by atoms with E-state index in [-0.39, 0.29) is 12.0 Å². The van der Waals surface area contributed by atoms with Crippen LogP contribution in [0.3, 0.4) is 0 Å². The number of hydrogen-bond donors (Lipinski definition) is 1. The highest BCUT2D eigenvalue weighted by atomic mass is 16.5. The number of rotatable bonds is 4. The molecule has 1 N–H and O–H groups in total. The highest BCUT2D eigenvalue weighted by Gasteiger charge is 2.07. The summed E-state index contributed by atoms with van der Waals surface area (Å²) in [4.78, 5) is 11.4. The van der Waals surface area contributed by atoms with Crippen molar-refractivity contribution in [2.24, 2.45) is 0 Å². The van der Waals surface area contributed by atoms with Gasteiger partial charge in [-0.3, -0.25) is 0 Å². The predicted molar refractivity (Wildman–Crippen MR) is 55.2 cm³/mol. The largest absolute Gasteiger partial charge is 0.460 e. The predicted octanol–water partition coefficient (Wildman–Crippen LogP) is 1.45. The number of ether oxygens (including phenoxy) is 1. The summed E-state index contributed by atoms with van der Waals surface area (Å²) < 4.78 is 5.08. The maximum atomic E-state index is 11.4. The Morgan fingerprint density at radius 3 is 2.64 bits per heavy atom. The molecule has 0 aliphatic rings. The lowest BCUT2D eigenvalue weighted by molar-refractivity contribution is 0.0476.